The van der Waals surface area contributed by atoms with E-state index in [4.69, 9.17) is 9.84 Å². The van der Waals surface area contributed by atoms with E-state index in [1.165, 1.54) is 0 Å². The van der Waals surface area contributed by atoms with Gasteiger partial charge in [-0.05, 0) is 63.3 Å². The van der Waals surface area contributed by atoms with E-state index in [-0.39, 0.29) is 23.2 Å². The maximum atomic E-state index is 12.6. The number of ketones is 1. The Hall–Kier alpha value is -1.84. The number of carboxylic acids is 1. The summed E-state index contributed by atoms with van der Waals surface area (Å²) in [4.78, 5) is 23.7. The first kappa shape index (κ1) is 17.5. The van der Waals surface area contributed by atoms with Gasteiger partial charge in [-0.1, -0.05) is 12.8 Å². The minimum Gasteiger partial charge on any atom is -0.488 e. The van der Waals surface area contributed by atoms with Crippen LogP contribution in [0, 0.1) is 5.41 Å². The molecular weight excluding hydrogens is 292 g/mol. The average molecular weight is 318 g/mol. The van der Waals surface area contributed by atoms with Crippen LogP contribution in [0.25, 0.3) is 0 Å². The molecule has 1 aliphatic rings. The molecule has 0 aromatic heterocycles. The Kier molecular flexibility index (Phi) is 5.12. The van der Waals surface area contributed by atoms with E-state index in [1.807, 2.05) is 20.8 Å². The van der Waals surface area contributed by atoms with Gasteiger partial charge < -0.3 is 9.84 Å². The van der Waals surface area contributed by atoms with Gasteiger partial charge in [-0.2, -0.15) is 0 Å². The van der Waals surface area contributed by atoms with Crippen LogP contribution in [-0.4, -0.2) is 22.5 Å². The largest absolute Gasteiger partial charge is 0.488 e. The number of hydrogen-bond acceptors (Lipinski definition) is 3. The van der Waals surface area contributed by atoms with Crippen LogP contribution in [-0.2, 0) is 4.79 Å². The van der Waals surface area contributed by atoms with Crippen molar-refractivity contribution < 1.29 is 19.4 Å². The molecule has 0 radical (unpaired) electrons. The normalized spacial score (nSPS) is 17.0. The molecule has 126 valence electrons. The quantitative estimate of drug-likeness (QED) is 0.786. The monoisotopic (exact) mass is 318 g/mol. The summed E-state index contributed by atoms with van der Waals surface area (Å²) in [5, 5.41) is 9.14. The molecule has 4 nitrogen and oxygen atoms in total. The smallest absolute Gasteiger partial charge is 0.303 e. The zero-order valence-corrected chi connectivity index (χ0v) is 14.2. The highest BCUT2D eigenvalue weighted by Gasteiger charge is 2.38. The lowest BCUT2D eigenvalue weighted by atomic mass is 9.77. The van der Waals surface area contributed by atoms with Crippen LogP contribution >= 0.6 is 0 Å². The van der Waals surface area contributed by atoms with Crippen LogP contribution in [0.1, 0.15) is 69.7 Å². The van der Waals surface area contributed by atoms with Crippen LogP contribution in [0.5, 0.6) is 5.75 Å². The highest BCUT2D eigenvalue weighted by atomic mass is 16.5. The number of Topliss-reactive ketones (excluding diaryl/α,β-unsaturated/α-hetero) is 1. The molecule has 1 aliphatic carbocycles. The molecule has 2 rings (SSSR count). The van der Waals surface area contributed by atoms with E-state index in [0.717, 1.165) is 31.4 Å². The summed E-state index contributed by atoms with van der Waals surface area (Å²) in [5.41, 5.74) is -0.00680. The minimum absolute atomic E-state index is 0.0236. The van der Waals surface area contributed by atoms with E-state index in [1.54, 1.807) is 24.3 Å². The third kappa shape index (κ3) is 5.08. The molecule has 0 spiro atoms. The van der Waals surface area contributed by atoms with Crippen molar-refractivity contribution >= 4 is 11.8 Å². The molecule has 1 N–H and O–H groups in total. The lowest BCUT2D eigenvalue weighted by Gasteiger charge is -2.26. The molecule has 1 aromatic rings. The molecule has 0 saturated heterocycles. The van der Waals surface area contributed by atoms with Gasteiger partial charge in [-0.25, -0.2) is 0 Å². The van der Waals surface area contributed by atoms with E-state index in [9.17, 15) is 9.59 Å². The summed E-state index contributed by atoms with van der Waals surface area (Å²) < 4.78 is 5.75. The van der Waals surface area contributed by atoms with Crippen molar-refractivity contribution in [3.05, 3.63) is 29.8 Å². The first-order chi connectivity index (χ1) is 10.7. The van der Waals surface area contributed by atoms with Gasteiger partial charge in [0, 0.05) is 12.0 Å². The Bertz CT molecular complexity index is 560. The van der Waals surface area contributed by atoms with Crippen molar-refractivity contribution in [1.29, 1.82) is 0 Å². The van der Waals surface area contributed by atoms with Gasteiger partial charge >= 0.3 is 5.97 Å². The molecule has 0 bridgehead atoms. The van der Waals surface area contributed by atoms with Crippen LogP contribution < -0.4 is 4.74 Å². The van der Waals surface area contributed by atoms with Crippen LogP contribution in [0.3, 0.4) is 0 Å². The molecule has 0 unspecified atom stereocenters. The second-order valence-electron chi connectivity index (χ2n) is 7.62. The Labute approximate surface area is 137 Å². The maximum Gasteiger partial charge on any atom is 0.303 e. The van der Waals surface area contributed by atoms with Gasteiger partial charge in [0.05, 0.1) is 6.42 Å². The van der Waals surface area contributed by atoms with E-state index in [0.29, 0.717) is 12.0 Å². The molecule has 0 amide bonds. The maximum absolute atomic E-state index is 12.6. The number of carbonyl (C=O) groups is 2. The summed E-state index contributed by atoms with van der Waals surface area (Å²) in [6, 6.07) is 7.15. The minimum atomic E-state index is -0.811. The summed E-state index contributed by atoms with van der Waals surface area (Å²) in [6.07, 6.45) is 4.09. The van der Waals surface area contributed by atoms with Gasteiger partial charge in [0.25, 0.3) is 0 Å². The summed E-state index contributed by atoms with van der Waals surface area (Å²) in [6.45, 7) is 5.92. The third-order valence-corrected chi connectivity index (χ3v) is 4.33. The second kappa shape index (κ2) is 6.73. The molecule has 1 saturated carbocycles. The zero-order valence-electron chi connectivity index (χ0n) is 14.2. The lowest BCUT2D eigenvalue weighted by Crippen LogP contribution is -2.25. The van der Waals surface area contributed by atoms with E-state index in [2.05, 4.69) is 0 Å². The number of rotatable bonds is 6. The first-order valence-electron chi connectivity index (χ1n) is 8.23. The van der Waals surface area contributed by atoms with Gasteiger partial charge in [0.15, 0.2) is 5.78 Å². The number of carbonyl (C=O) groups excluding carboxylic acids is 1. The lowest BCUT2D eigenvalue weighted by molar-refractivity contribution is -0.139. The fourth-order valence-corrected chi connectivity index (χ4v) is 3.37. The van der Waals surface area contributed by atoms with Crippen LogP contribution in [0.2, 0.25) is 0 Å². The number of carboxylic acid groups (broad SMARTS) is 1. The van der Waals surface area contributed by atoms with Gasteiger partial charge in [-0.15, -0.1) is 0 Å². The molecule has 1 fully saturated rings. The SMILES string of the molecule is CC(C)(C)Oc1ccc(C(=O)CC2(CC(=O)O)CCCC2)cc1. The van der Waals surface area contributed by atoms with Gasteiger partial charge in [0.1, 0.15) is 11.4 Å². The van der Waals surface area contributed by atoms with Crippen molar-refractivity contribution in [2.75, 3.05) is 0 Å². The number of ether oxygens (including phenoxy) is 1. The molecule has 0 aliphatic heterocycles. The highest BCUT2D eigenvalue weighted by Crippen LogP contribution is 2.44. The first-order valence-corrected chi connectivity index (χ1v) is 8.23. The van der Waals surface area contributed by atoms with Crippen molar-refractivity contribution in [2.45, 2.75) is 64.9 Å². The number of aliphatic carboxylic acids is 1. The molecule has 23 heavy (non-hydrogen) atoms. The standard InChI is InChI=1S/C19H26O4/c1-18(2,3)23-15-8-6-14(7-9-15)16(20)12-19(13-17(21)22)10-4-5-11-19/h6-9H,4-5,10-13H2,1-3H3,(H,21,22). The third-order valence-electron chi connectivity index (χ3n) is 4.33. The molecular formula is C19H26O4. The molecule has 1 aromatic carbocycles. The van der Waals surface area contributed by atoms with Crippen molar-refractivity contribution in [2.24, 2.45) is 5.41 Å². The number of hydrogen-bond donors (Lipinski definition) is 1. The van der Waals surface area contributed by atoms with Crippen molar-refractivity contribution in [1.82, 2.24) is 0 Å². The fourth-order valence-electron chi connectivity index (χ4n) is 3.37. The number of benzene rings is 1. The van der Waals surface area contributed by atoms with E-state index < -0.39 is 5.97 Å². The highest BCUT2D eigenvalue weighted by molar-refractivity contribution is 5.96. The Morgan fingerprint density at radius 3 is 2.13 bits per heavy atom. The fraction of sp³-hybridized carbons (Fsp3) is 0.579. The topological polar surface area (TPSA) is 63.6 Å². The van der Waals surface area contributed by atoms with Crippen molar-refractivity contribution in [3.63, 3.8) is 0 Å². The predicted molar refractivity (Wildman–Crippen MR) is 88.9 cm³/mol. The van der Waals surface area contributed by atoms with Crippen molar-refractivity contribution in [3.8, 4) is 5.75 Å². The Morgan fingerprint density at radius 1 is 1.09 bits per heavy atom. The molecule has 0 atom stereocenters. The summed E-state index contributed by atoms with van der Waals surface area (Å²) in [7, 11) is 0. The zero-order chi connectivity index (χ0) is 17.1. The van der Waals surface area contributed by atoms with E-state index >= 15 is 0 Å². The Balaban J connectivity index is 2.06. The van der Waals surface area contributed by atoms with Gasteiger partial charge in [0.2, 0.25) is 0 Å². The Morgan fingerprint density at radius 2 is 1.65 bits per heavy atom. The molecule has 4 heteroatoms. The average Bonchev–Trinajstić information content (AvgIpc) is 2.84. The van der Waals surface area contributed by atoms with Crippen LogP contribution in [0.4, 0.5) is 0 Å². The summed E-state index contributed by atoms with van der Waals surface area (Å²) >= 11 is 0. The second-order valence-corrected chi connectivity index (χ2v) is 7.62. The predicted octanol–water partition coefficient (Wildman–Crippen LogP) is 4.47. The van der Waals surface area contributed by atoms with Gasteiger partial charge in [-0.3, -0.25) is 9.59 Å². The summed E-state index contributed by atoms with van der Waals surface area (Å²) in [5.74, 6) is -0.0563. The van der Waals surface area contributed by atoms with Crippen LogP contribution in [0.15, 0.2) is 24.3 Å². The molecule has 0 heterocycles.